The van der Waals surface area contributed by atoms with Gasteiger partial charge in [-0.25, -0.2) is 4.79 Å². The summed E-state index contributed by atoms with van der Waals surface area (Å²) in [6.07, 6.45) is -3.49. The topological polar surface area (TPSA) is 76.5 Å². The molecule has 4 aromatic rings. The van der Waals surface area contributed by atoms with Crippen LogP contribution >= 0.6 is 0 Å². The Morgan fingerprint density at radius 2 is 1.67 bits per heavy atom. The number of alkyl halides is 3. The summed E-state index contributed by atoms with van der Waals surface area (Å²) < 4.78 is 46.1. The average Bonchev–Trinajstić information content (AvgIpc) is 2.81. The van der Waals surface area contributed by atoms with Crippen LogP contribution in [0.3, 0.4) is 0 Å². The average molecular weight is 451 g/mol. The number of carbonyl (C=O) groups excluding carboxylic acids is 1. The third kappa shape index (κ3) is 4.55. The molecule has 3 aromatic carbocycles. The maximum Gasteiger partial charge on any atom is 0.418 e. The van der Waals surface area contributed by atoms with Gasteiger partial charge in [0, 0.05) is 28.3 Å². The molecule has 0 saturated heterocycles. The fourth-order valence-corrected chi connectivity index (χ4v) is 3.57. The molecule has 1 heterocycles. The largest absolute Gasteiger partial charge is 0.482 e. The highest BCUT2D eigenvalue weighted by Gasteiger charge is 2.34. The number of aromatic nitrogens is 1. The molecule has 166 valence electrons. The van der Waals surface area contributed by atoms with E-state index in [1.54, 1.807) is 42.5 Å². The molecule has 5 nitrogen and oxygen atoms in total. The number of rotatable bonds is 6. The third-order valence-electron chi connectivity index (χ3n) is 4.97. The van der Waals surface area contributed by atoms with Gasteiger partial charge in [-0.1, -0.05) is 54.6 Å². The van der Waals surface area contributed by atoms with Crippen LogP contribution in [0.2, 0.25) is 0 Å². The van der Waals surface area contributed by atoms with Crippen LogP contribution in [0.15, 0.2) is 79.0 Å². The van der Waals surface area contributed by atoms with E-state index in [4.69, 9.17) is 9.84 Å². The maximum absolute atomic E-state index is 13.6. The zero-order chi connectivity index (χ0) is 23.6. The van der Waals surface area contributed by atoms with Crippen molar-refractivity contribution < 1.29 is 32.6 Å². The summed E-state index contributed by atoms with van der Waals surface area (Å²) >= 11 is 0. The van der Waals surface area contributed by atoms with Gasteiger partial charge in [0.25, 0.3) is 0 Å². The van der Waals surface area contributed by atoms with E-state index in [2.05, 4.69) is 4.98 Å². The molecule has 33 heavy (non-hydrogen) atoms. The molecule has 0 unspecified atom stereocenters. The van der Waals surface area contributed by atoms with Gasteiger partial charge in [-0.3, -0.25) is 9.78 Å². The van der Waals surface area contributed by atoms with Crippen molar-refractivity contribution in [3.8, 4) is 16.9 Å². The summed E-state index contributed by atoms with van der Waals surface area (Å²) in [6, 6.07) is 18.2. The number of pyridine rings is 1. The van der Waals surface area contributed by atoms with Crippen molar-refractivity contribution in [2.75, 3.05) is 6.61 Å². The number of aliphatic carboxylic acids is 1. The lowest BCUT2D eigenvalue weighted by Crippen LogP contribution is -2.10. The monoisotopic (exact) mass is 451 g/mol. The first-order valence-electron chi connectivity index (χ1n) is 9.79. The summed E-state index contributed by atoms with van der Waals surface area (Å²) in [5, 5.41) is 9.01. The van der Waals surface area contributed by atoms with E-state index in [1.807, 2.05) is 0 Å². The van der Waals surface area contributed by atoms with Crippen LogP contribution in [-0.4, -0.2) is 28.4 Å². The lowest BCUT2D eigenvalue weighted by atomic mass is 9.91. The number of ether oxygens (including phenoxy) is 1. The highest BCUT2D eigenvalue weighted by molar-refractivity contribution is 6.16. The molecule has 0 atom stereocenters. The van der Waals surface area contributed by atoms with E-state index in [0.717, 1.165) is 12.3 Å². The normalized spacial score (nSPS) is 11.4. The lowest BCUT2D eigenvalue weighted by molar-refractivity contribution is -0.139. The van der Waals surface area contributed by atoms with Crippen LogP contribution in [-0.2, 0) is 11.0 Å². The molecule has 0 aliphatic heterocycles. The van der Waals surface area contributed by atoms with Gasteiger partial charge < -0.3 is 9.84 Å². The highest BCUT2D eigenvalue weighted by Crippen LogP contribution is 2.39. The van der Waals surface area contributed by atoms with E-state index in [0.29, 0.717) is 11.1 Å². The Kier molecular flexibility index (Phi) is 5.83. The van der Waals surface area contributed by atoms with Gasteiger partial charge >= 0.3 is 12.1 Å². The maximum atomic E-state index is 13.6. The van der Waals surface area contributed by atoms with Crippen LogP contribution in [0.4, 0.5) is 13.2 Å². The second-order valence-corrected chi connectivity index (χ2v) is 7.15. The number of halogens is 3. The quantitative estimate of drug-likeness (QED) is 0.386. The summed E-state index contributed by atoms with van der Waals surface area (Å²) in [5.74, 6) is -1.39. The van der Waals surface area contributed by atoms with Crippen molar-refractivity contribution in [2.24, 2.45) is 0 Å². The number of hydrogen-bond acceptors (Lipinski definition) is 4. The molecule has 0 aliphatic rings. The van der Waals surface area contributed by atoms with Crippen molar-refractivity contribution >= 4 is 22.7 Å². The Hall–Kier alpha value is -4.20. The first-order chi connectivity index (χ1) is 15.8. The van der Waals surface area contributed by atoms with Gasteiger partial charge in [0.1, 0.15) is 5.75 Å². The number of carboxylic acids is 1. The molecule has 0 fully saturated rings. The SMILES string of the molecule is O=C(O)COc1cccc(-c2c(C(=O)c3ccccc3)cnc3c(C(F)(F)F)cccc23)c1. The molecule has 0 saturated carbocycles. The second-order valence-electron chi connectivity index (χ2n) is 7.15. The molecule has 0 bridgehead atoms. The van der Waals surface area contributed by atoms with Crippen LogP contribution < -0.4 is 4.74 Å². The standard InChI is InChI=1S/C25H16F3NO4/c26-25(27,28)20-11-5-10-18-22(16-8-4-9-17(12-16)33-14-21(30)31)19(13-29-23(18)20)24(32)15-6-2-1-3-7-15/h1-13H,14H2,(H,30,31). The van der Waals surface area contributed by atoms with E-state index >= 15 is 0 Å². The number of benzene rings is 3. The van der Waals surface area contributed by atoms with E-state index in [9.17, 15) is 22.8 Å². The van der Waals surface area contributed by atoms with Gasteiger partial charge in [-0.15, -0.1) is 0 Å². The van der Waals surface area contributed by atoms with Gasteiger partial charge in [-0.05, 0) is 23.8 Å². The Bertz CT molecular complexity index is 1350. The van der Waals surface area contributed by atoms with Crippen LogP contribution in [0, 0.1) is 0 Å². The molecule has 1 N–H and O–H groups in total. The van der Waals surface area contributed by atoms with Gasteiger partial charge in [0.2, 0.25) is 0 Å². The fraction of sp³-hybridized carbons (Fsp3) is 0.0800. The number of fused-ring (bicyclic) bond motifs is 1. The molecule has 4 rings (SSSR count). The minimum Gasteiger partial charge on any atom is -0.482 e. The number of hydrogen-bond donors (Lipinski definition) is 1. The van der Waals surface area contributed by atoms with E-state index < -0.39 is 30.1 Å². The number of para-hydroxylation sites is 1. The van der Waals surface area contributed by atoms with Gasteiger partial charge in [0.15, 0.2) is 12.4 Å². The predicted molar refractivity (Wildman–Crippen MR) is 115 cm³/mol. The number of carbonyl (C=O) groups is 2. The van der Waals surface area contributed by atoms with Gasteiger partial charge in [0.05, 0.1) is 11.1 Å². The summed E-state index contributed by atoms with van der Waals surface area (Å²) in [7, 11) is 0. The van der Waals surface area contributed by atoms with Crippen molar-refractivity contribution in [2.45, 2.75) is 6.18 Å². The number of ketones is 1. The van der Waals surface area contributed by atoms with E-state index in [1.165, 1.54) is 24.3 Å². The summed E-state index contributed by atoms with van der Waals surface area (Å²) in [4.78, 5) is 28.2. The first kappa shape index (κ1) is 22.0. The molecule has 0 spiro atoms. The molecule has 8 heteroatoms. The lowest BCUT2D eigenvalue weighted by Gasteiger charge is -2.16. The zero-order valence-electron chi connectivity index (χ0n) is 17.0. The summed E-state index contributed by atoms with van der Waals surface area (Å²) in [6.45, 7) is -0.589. The van der Waals surface area contributed by atoms with Crippen LogP contribution in [0.5, 0.6) is 5.75 Å². The Balaban J connectivity index is 1.98. The molecular weight excluding hydrogens is 435 g/mol. The Morgan fingerprint density at radius 3 is 2.36 bits per heavy atom. The van der Waals surface area contributed by atoms with E-state index in [-0.39, 0.29) is 27.8 Å². The van der Waals surface area contributed by atoms with Crippen molar-refractivity contribution in [3.05, 3.63) is 95.7 Å². The smallest absolute Gasteiger partial charge is 0.418 e. The fourth-order valence-electron chi connectivity index (χ4n) is 3.57. The molecule has 0 aliphatic carbocycles. The van der Waals surface area contributed by atoms with Crippen LogP contribution in [0.25, 0.3) is 22.0 Å². The molecule has 0 amide bonds. The molecule has 1 aromatic heterocycles. The minimum absolute atomic E-state index is 0.114. The van der Waals surface area contributed by atoms with Crippen LogP contribution in [0.1, 0.15) is 21.5 Å². The van der Waals surface area contributed by atoms with Crippen molar-refractivity contribution in [3.63, 3.8) is 0 Å². The number of carboxylic acid groups (broad SMARTS) is 1. The predicted octanol–water partition coefficient (Wildman–Crippen LogP) is 5.62. The second kappa shape index (κ2) is 8.74. The molecular formula is C25H16F3NO4. The Morgan fingerprint density at radius 1 is 0.939 bits per heavy atom. The minimum atomic E-state index is -4.64. The van der Waals surface area contributed by atoms with Crippen molar-refractivity contribution in [1.82, 2.24) is 4.98 Å². The highest BCUT2D eigenvalue weighted by atomic mass is 19.4. The zero-order valence-corrected chi connectivity index (χ0v) is 17.0. The first-order valence-corrected chi connectivity index (χ1v) is 9.79. The Labute approximate surface area is 186 Å². The molecule has 0 radical (unpaired) electrons. The number of nitrogens with zero attached hydrogens (tertiary/aromatic N) is 1. The summed E-state index contributed by atoms with van der Waals surface area (Å²) in [5.41, 5.74) is -0.0992. The van der Waals surface area contributed by atoms with Crippen molar-refractivity contribution in [1.29, 1.82) is 0 Å². The third-order valence-corrected chi connectivity index (χ3v) is 4.97. The van der Waals surface area contributed by atoms with Gasteiger partial charge in [-0.2, -0.15) is 13.2 Å².